The van der Waals surface area contributed by atoms with Gasteiger partial charge in [0, 0.05) is 11.9 Å². The third-order valence-corrected chi connectivity index (χ3v) is 3.93. The Kier molecular flexibility index (Phi) is 5.46. The smallest absolute Gasteiger partial charge is 0.134 e. The summed E-state index contributed by atoms with van der Waals surface area (Å²) in [7, 11) is 2.19. The minimum absolute atomic E-state index is 0. The summed E-state index contributed by atoms with van der Waals surface area (Å²) in [5.74, 6) is 1.90. The molecule has 2 aromatic rings. The van der Waals surface area contributed by atoms with Crippen LogP contribution in [0.25, 0.3) is 11.0 Å². The summed E-state index contributed by atoms with van der Waals surface area (Å²) in [5.41, 5.74) is 0.993. The first kappa shape index (κ1) is 15.4. The monoisotopic (exact) mass is 294 g/mol. The van der Waals surface area contributed by atoms with Crippen LogP contribution in [-0.2, 0) is 6.54 Å². The average molecular weight is 295 g/mol. The zero-order valence-electron chi connectivity index (χ0n) is 12.0. The van der Waals surface area contributed by atoms with E-state index in [9.17, 15) is 0 Å². The van der Waals surface area contributed by atoms with Crippen molar-refractivity contribution in [3.8, 4) is 0 Å². The zero-order chi connectivity index (χ0) is 13.1. The number of nitrogens with one attached hydrogen (secondary N) is 1. The minimum atomic E-state index is 0. The lowest BCUT2D eigenvalue weighted by Crippen LogP contribution is -2.34. The number of benzene rings is 1. The maximum absolute atomic E-state index is 5.87. The molecule has 1 saturated heterocycles. The Morgan fingerprint density at radius 2 is 2.00 bits per heavy atom. The molecule has 20 heavy (non-hydrogen) atoms. The highest BCUT2D eigenvalue weighted by Crippen LogP contribution is 2.20. The lowest BCUT2D eigenvalue weighted by molar-refractivity contribution is 0.223. The van der Waals surface area contributed by atoms with E-state index in [1.807, 2.05) is 12.1 Å². The molecular formula is C16H23ClN2O. The minimum Gasteiger partial charge on any atom is -0.460 e. The van der Waals surface area contributed by atoms with Crippen molar-refractivity contribution in [3.05, 3.63) is 36.1 Å². The molecule has 0 saturated carbocycles. The Labute approximate surface area is 126 Å². The number of hydrogen-bond acceptors (Lipinski definition) is 3. The summed E-state index contributed by atoms with van der Waals surface area (Å²) in [5, 5.41) is 4.62. The molecule has 0 unspecified atom stereocenters. The maximum Gasteiger partial charge on any atom is 0.134 e. The molecule has 0 aliphatic carbocycles. The van der Waals surface area contributed by atoms with Crippen LogP contribution in [0.2, 0.25) is 0 Å². The zero-order valence-corrected chi connectivity index (χ0v) is 12.8. The van der Waals surface area contributed by atoms with E-state index < -0.39 is 0 Å². The summed E-state index contributed by atoms with van der Waals surface area (Å²) in [6, 6.07) is 10.4. The highest BCUT2D eigenvalue weighted by Gasteiger charge is 2.15. The van der Waals surface area contributed by atoms with Crippen molar-refractivity contribution < 1.29 is 4.42 Å². The Morgan fingerprint density at radius 1 is 1.25 bits per heavy atom. The van der Waals surface area contributed by atoms with Crippen molar-refractivity contribution in [2.24, 2.45) is 5.92 Å². The summed E-state index contributed by atoms with van der Waals surface area (Å²) < 4.78 is 5.87. The van der Waals surface area contributed by atoms with Crippen LogP contribution in [0, 0.1) is 5.92 Å². The van der Waals surface area contributed by atoms with Crippen LogP contribution < -0.4 is 5.32 Å². The van der Waals surface area contributed by atoms with Gasteiger partial charge < -0.3 is 9.73 Å². The molecule has 1 aromatic heterocycles. The average Bonchev–Trinajstić information content (AvgIpc) is 2.81. The van der Waals surface area contributed by atoms with Crippen molar-refractivity contribution in [1.82, 2.24) is 10.2 Å². The molecule has 0 spiro atoms. The lowest BCUT2D eigenvalue weighted by Gasteiger charge is -2.26. The SMILES string of the molecule is CN(Cc1cc2ccccc2o1)CC1CCNCC1.Cl. The first-order valence-corrected chi connectivity index (χ1v) is 7.18. The van der Waals surface area contributed by atoms with Gasteiger partial charge in [-0.25, -0.2) is 0 Å². The van der Waals surface area contributed by atoms with Gasteiger partial charge in [-0.15, -0.1) is 12.4 Å². The Hall–Kier alpha value is -1.03. The fraction of sp³-hybridized carbons (Fsp3) is 0.500. The molecule has 1 fully saturated rings. The van der Waals surface area contributed by atoms with Gasteiger partial charge in [0.05, 0.1) is 6.54 Å². The first-order chi connectivity index (χ1) is 9.31. The molecule has 1 N–H and O–H groups in total. The third kappa shape index (κ3) is 3.75. The summed E-state index contributed by atoms with van der Waals surface area (Å²) in [4.78, 5) is 2.38. The first-order valence-electron chi connectivity index (χ1n) is 7.18. The molecule has 2 heterocycles. The predicted molar refractivity (Wildman–Crippen MR) is 85.4 cm³/mol. The largest absolute Gasteiger partial charge is 0.460 e. The number of halogens is 1. The number of para-hydroxylation sites is 1. The Bertz CT molecular complexity index is 501. The van der Waals surface area contributed by atoms with Crippen molar-refractivity contribution >= 4 is 23.4 Å². The molecule has 1 aromatic carbocycles. The molecule has 0 amide bonds. The van der Waals surface area contributed by atoms with E-state index in [0.717, 1.165) is 23.8 Å². The highest BCUT2D eigenvalue weighted by molar-refractivity contribution is 5.85. The number of furan rings is 1. The molecule has 0 atom stereocenters. The standard InChI is InChI=1S/C16H22N2O.ClH/c1-18(11-13-6-8-17-9-7-13)12-15-10-14-4-2-3-5-16(14)19-15;/h2-5,10,13,17H,6-9,11-12H2,1H3;1H. The quantitative estimate of drug-likeness (QED) is 0.938. The molecule has 0 bridgehead atoms. The van der Waals surface area contributed by atoms with Crippen molar-refractivity contribution in [2.45, 2.75) is 19.4 Å². The lowest BCUT2D eigenvalue weighted by atomic mass is 9.98. The second kappa shape index (κ2) is 7.11. The van der Waals surface area contributed by atoms with Crippen LogP contribution in [0.5, 0.6) is 0 Å². The Balaban J connectivity index is 0.00000147. The normalized spacial score (nSPS) is 16.5. The van der Waals surface area contributed by atoms with Crippen molar-refractivity contribution in [3.63, 3.8) is 0 Å². The number of piperidine rings is 1. The summed E-state index contributed by atoms with van der Waals surface area (Å²) in [6.07, 6.45) is 2.59. The van der Waals surface area contributed by atoms with Gasteiger partial charge in [-0.05, 0) is 51.0 Å². The molecule has 3 rings (SSSR count). The summed E-state index contributed by atoms with van der Waals surface area (Å²) in [6.45, 7) is 4.41. The predicted octanol–water partition coefficient (Wildman–Crippen LogP) is 3.29. The number of fused-ring (bicyclic) bond motifs is 1. The summed E-state index contributed by atoms with van der Waals surface area (Å²) >= 11 is 0. The van der Waals surface area contributed by atoms with Gasteiger partial charge in [0.2, 0.25) is 0 Å². The topological polar surface area (TPSA) is 28.4 Å². The van der Waals surface area contributed by atoms with Gasteiger partial charge >= 0.3 is 0 Å². The fourth-order valence-corrected chi connectivity index (χ4v) is 2.95. The Morgan fingerprint density at radius 3 is 2.75 bits per heavy atom. The number of rotatable bonds is 4. The van der Waals surface area contributed by atoms with Crippen LogP contribution >= 0.6 is 12.4 Å². The van der Waals surface area contributed by atoms with E-state index in [0.29, 0.717) is 0 Å². The van der Waals surface area contributed by atoms with E-state index in [2.05, 4.69) is 35.5 Å². The second-order valence-electron chi connectivity index (χ2n) is 5.64. The number of hydrogen-bond donors (Lipinski definition) is 1. The van der Waals surface area contributed by atoms with Gasteiger partial charge in [0.15, 0.2) is 0 Å². The third-order valence-electron chi connectivity index (χ3n) is 3.93. The highest BCUT2D eigenvalue weighted by atomic mass is 35.5. The van der Waals surface area contributed by atoms with E-state index in [1.165, 1.54) is 37.9 Å². The van der Waals surface area contributed by atoms with Crippen molar-refractivity contribution in [1.29, 1.82) is 0 Å². The molecule has 110 valence electrons. The van der Waals surface area contributed by atoms with E-state index in [4.69, 9.17) is 4.42 Å². The van der Waals surface area contributed by atoms with E-state index in [1.54, 1.807) is 0 Å². The molecular weight excluding hydrogens is 272 g/mol. The van der Waals surface area contributed by atoms with Gasteiger partial charge in [0.1, 0.15) is 11.3 Å². The van der Waals surface area contributed by atoms with Crippen LogP contribution in [0.3, 0.4) is 0 Å². The van der Waals surface area contributed by atoms with Gasteiger partial charge in [-0.3, -0.25) is 4.90 Å². The van der Waals surface area contributed by atoms with E-state index >= 15 is 0 Å². The molecule has 1 aliphatic heterocycles. The molecule has 1 aliphatic rings. The van der Waals surface area contributed by atoms with Gasteiger partial charge in [-0.1, -0.05) is 18.2 Å². The van der Waals surface area contributed by atoms with E-state index in [-0.39, 0.29) is 12.4 Å². The number of nitrogens with zero attached hydrogens (tertiary/aromatic N) is 1. The van der Waals surface area contributed by atoms with Crippen LogP contribution in [0.1, 0.15) is 18.6 Å². The second-order valence-corrected chi connectivity index (χ2v) is 5.64. The van der Waals surface area contributed by atoms with Crippen LogP contribution in [0.15, 0.2) is 34.7 Å². The molecule has 0 radical (unpaired) electrons. The maximum atomic E-state index is 5.87. The van der Waals surface area contributed by atoms with Gasteiger partial charge in [-0.2, -0.15) is 0 Å². The van der Waals surface area contributed by atoms with Crippen molar-refractivity contribution in [2.75, 3.05) is 26.7 Å². The van der Waals surface area contributed by atoms with Crippen LogP contribution in [0.4, 0.5) is 0 Å². The van der Waals surface area contributed by atoms with Crippen LogP contribution in [-0.4, -0.2) is 31.6 Å². The molecule has 3 nitrogen and oxygen atoms in total. The molecule has 4 heteroatoms. The fourth-order valence-electron chi connectivity index (χ4n) is 2.95. The van der Waals surface area contributed by atoms with Gasteiger partial charge in [0.25, 0.3) is 0 Å².